The Hall–Kier alpha value is -1.90. The number of nitro groups is 1. The van der Waals surface area contributed by atoms with E-state index in [0.717, 1.165) is 25.5 Å². The van der Waals surface area contributed by atoms with Gasteiger partial charge in [0.25, 0.3) is 5.69 Å². The summed E-state index contributed by atoms with van der Waals surface area (Å²) < 4.78 is 11.6. The maximum Gasteiger partial charge on any atom is 0.410 e. The van der Waals surface area contributed by atoms with Crippen LogP contribution in [0.5, 0.6) is 5.88 Å². The van der Waals surface area contributed by atoms with Crippen LogP contribution < -0.4 is 4.74 Å². The third-order valence-corrected chi connectivity index (χ3v) is 4.24. The minimum Gasteiger partial charge on any atom is -0.475 e. The van der Waals surface area contributed by atoms with Gasteiger partial charge in [-0.3, -0.25) is 10.1 Å². The highest BCUT2D eigenvalue weighted by Gasteiger charge is 2.31. The number of halogens is 1. The molecule has 2 heterocycles. The molecule has 0 aromatic carbocycles. The molecule has 25 heavy (non-hydrogen) atoms. The maximum atomic E-state index is 12.4. The normalized spacial score (nSPS) is 17.9. The number of ether oxygens (including phenoxy) is 2. The predicted molar refractivity (Wildman–Crippen MR) is 94.7 cm³/mol. The Bertz CT molecular complexity index is 647. The van der Waals surface area contributed by atoms with Gasteiger partial charge in [-0.05, 0) is 56.0 Å². The quantitative estimate of drug-likeness (QED) is 0.546. The third kappa shape index (κ3) is 5.55. The van der Waals surface area contributed by atoms with Crippen molar-refractivity contribution in [3.8, 4) is 5.88 Å². The average Bonchev–Trinajstić information content (AvgIpc) is 2.52. The van der Waals surface area contributed by atoms with E-state index in [4.69, 9.17) is 9.47 Å². The van der Waals surface area contributed by atoms with Crippen LogP contribution in [0.15, 0.2) is 16.7 Å². The number of amides is 1. The van der Waals surface area contributed by atoms with E-state index in [1.807, 2.05) is 20.8 Å². The summed E-state index contributed by atoms with van der Waals surface area (Å²) in [6, 6.07) is 1.22. The molecule has 1 atom stereocenters. The number of hydrogen-bond acceptors (Lipinski definition) is 6. The molecule has 0 unspecified atom stereocenters. The minimum absolute atomic E-state index is 0.118. The molecule has 0 spiro atoms. The number of piperidine rings is 1. The van der Waals surface area contributed by atoms with Crippen LogP contribution in [0.3, 0.4) is 0 Å². The lowest BCUT2D eigenvalue weighted by Crippen LogP contribution is -2.48. The zero-order chi connectivity index (χ0) is 18.6. The first-order valence-electron chi connectivity index (χ1n) is 8.10. The Morgan fingerprint density at radius 2 is 2.20 bits per heavy atom. The average molecular weight is 416 g/mol. The summed E-state index contributed by atoms with van der Waals surface area (Å²) in [5, 5.41) is 10.7. The molecular formula is C16H22BrN3O5. The zero-order valence-corrected chi connectivity index (χ0v) is 16.1. The summed E-state index contributed by atoms with van der Waals surface area (Å²) in [7, 11) is 0. The van der Waals surface area contributed by atoms with Crippen molar-refractivity contribution in [2.24, 2.45) is 0 Å². The van der Waals surface area contributed by atoms with Crippen LogP contribution in [0.1, 0.15) is 40.0 Å². The number of pyridine rings is 1. The summed E-state index contributed by atoms with van der Waals surface area (Å²) in [4.78, 5) is 28.3. The number of likely N-dealkylation sites (tertiary alicyclic amines) is 1. The Morgan fingerprint density at radius 1 is 1.48 bits per heavy atom. The Kier molecular flexibility index (Phi) is 6.21. The highest BCUT2D eigenvalue weighted by Crippen LogP contribution is 2.27. The number of rotatable bonds is 4. The van der Waals surface area contributed by atoms with Crippen LogP contribution in [0.4, 0.5) is 10.5 Å². The molecule has 1 amide bonds. The molecule has 0 radical (unpaired) electrons. The third-order valence-electron chi connectivity index (χ3n) is 3.67. The van der Waals surface area contributed by atoms with E-state index >= 15 is 0 Å². The van der Waals surface area contributed by atoms with E-state index < -0.39 is 10.5 Å². The molecule has 0 N–H and O–H groups in total. The van der Waals surface area contributed by atoms with Gasteiger partial charge in [-0.1, -0.05) is 0 Å². The number of carbonyl (C=O) groups is 1. The monoisotopic (exact) mass is 415 g/mol. The second-order valence-corrected chi connectivity index (χ2v) is 7.73. The molecule has 0 saturated carbocycles. The summed E-state index contributed by atoms with van der Waals surface area (Å²) in [5.41, 5.74) is -0.671. The van der Waals surface area contributed by atoms with Crippen molar-refractivity contribution in [2.75, 3.05) is 13.2 Å². The SMILES string of the molecule is CC(C)(C)OC(=O)N1CCCC[C@H]1COc1ncc([N+](=O)[O-])cc1Br. The van der Waals surface area contributed by atoms with Crippen molar-refractivity contribution in [3.05, 3.63) is 26.9 Å². The van der Waals surface area contributed by atoms with E-state index in [9.17, 15) is 14.9 Å². The highest BCUT2D eigenvalue weighted by atomic mass is 79.9. The van der Waals surface area contributed by atoms with E-state index in [2.05, 4.69) is 20.9 Å². The van der Waals surface area contributed by atoms with Crippen LogP contribution >= 0.6 is 15.9 Å². The fraction of sp³-hybridized carbons (Fsp3) is 0.625. The van der Waals surface area contributed by atoms with Crippen LogP contribution in [-0.2, 0) is 4.74 Å². The number of aromatic nitrogens is 1. The molecule has 0 bridgehead atoms. The van der Waals surface area contributed by atoms with E-state index in [1.165, 1.54) is 6.07 Å². The molecule has 1 saturated heterocycles. The summed E-state index contributed by atoms with van der Waals surface area (Å²) >= 11 is 3.23. The lowest BCUT2D eigenvalue weighted by Gasteiger charge is -2.36. The van der Waals surface area contributed by atoms with Crippen LogP contribution in [0.25, 0.3) is 0 Å². The molecule has 1 fully saturated rings. The van der Waals surface area contributed by atoms with Gasteiger partial charge in [-0.2, -0.15) is 0 Å². The van der Waals surface area contributed by atoms with Gasteiger partial charge in [0.15, 0.2) is 0 Å². The highest BCUT2D eigenvalue weighted by molar-refractivity contribution is 9.10. The van der Waals surface area contributed by atoms with Gasteiger partial charge in [0.2, 0.25) is 5.88 Å². The number of carbonyl (C=O) groups excluding carboxylic acids is 1. The lowest BCUT2D eigenvalue weighted by atomic mass is 10.0. The van der Waals surface area contributed by atoms with Gasteiger partial charge in [0.05, 0.1) is 15.4 Å². The number of hydrogen-bond donors (Lipinski definition) is 0. The fourth-order valence-corrected chi connectivity index (χ4v) is 2.98. The fourth-order valence-electron chi connectivity index (χ4n) is 2.53. The van der Waals surface area contributed by atoms with E-state index in [-0.39, 0.29) is 30.3 Å². The minimum atomic E-state index is -0.553. The molecule has 138 valence electrons. The van der Waals surface area contributed by atoms with Crippen molar-refractivity contribution < 1.29 is 19.2 Å². The first-order valence-corrected chi connectivity index (χ1v) is 8.89. The van der Waals surface area contributed by atoms with Gasteiger partial charge in [-0.25, -0.2) is 9.78 Å². The molecule has 9 heteroatoms. The first kappa shape index (κ1) is 19.4. The Morgan fingerprint density at radius 3 is 2.80 bits per heavy atom. The van der Waals surface area contributed by atoms with Gasteiger partial charge >= 0.3 is 6.09 Å². The number of nitrogens with zero attached hydrogens (tertiary/aromatic N) is 3. The Labute approximate surface area is 154 Å². The van der Waals surface area contributed by atoms with Gasteiger partial charge in [0, 0.05) is 12.6 Å². The molecule has 0 aliphatic carbocycles. The molecule has 1 aliphatic heterocycles. The van der Waals surface area contributed by atoms with Gasteiger partial charge in [0.1, 0.15) is 18.4 Å². The van der Waals surface area contributed by atoms with Crippen molar-refractivity contribution in [2.45, 2.75) is 51.7 Å². The predicted octanol–water partition coefficient (Wildman–Crippen LogP) is 3.92. The lowest BCUT2D eigenvalue weighted by molar-refractivity contribution is -0.385. The van der Waals surface area contributed by atoms with Crippen LogP contribution in [-0.4, -0.2) is 45.7 Å². The standard InChI is InChI=1S/C16H22BrN3O5/c1-16(2,3)25-15(21)19-7-5-4-6-11(19)10-24-14-13(17)8-12(9-18-14)20(22)23/h8-9,11H,4-7,10H2,1-3H3/t11-/m0/s1. The summed E-state index contributed by atoms with van der Waals surface area (Å²) in [5.74, 6) is 0.264. The second kappa shape index (κ2) is 7.99. The molecular weight excluding hydrogens is 394 g/mol. The van der Waals surface area contributed by atoms with Crippen LogP contribution in [0.2, 0.25) is 0 Å². The Balaban J connectivity index is 2.02. The summed E-state index contributed by atoms with van der Waals surface area (Å²) in [6.07, 6.45) is 3.53. The molecule has 1 aliphatic rings. The van der Waals surface area contributed by atoms with Gasteiger partial charge in [-0.15, -0.1) is 0 Å². The zero-order valence-electron chi connectivity index (χ0n) is 14.5. The van der Waals surface area contributed by atoms with Crippen LogP contribution in [0, 0.1) is 10.1 Å². The molecule has 1 aromatic rings. The first-order chi connectivity index (χ1) is 11.7. The van der Waals surface area contributed by atoms with E-state index in [1.54, 1.807) is 4.90 Å². The largest absolute Gasteiger partial charge is 0.475 e. The van der Waals surface area contributed by atoms with Crippen molar-refractivity contribution >= 4 is 27.7 Å². The van der Waals surface area contributed by atoms with E-state index in [0.29, 0.717) is 11.0 Å². The molecule has 2 rings (SSSR count). The molecule has 1 aromatic heterocycles. The summed E-state index contributed by atoms with van der Waals surface area (Å²) in [6.45, 7) is 6.37. The smallest absolute Gasteiger partial charge is 0.410 e. The maximum absolute atomic E-state index is 12.4. The topological polar surface area (TPSA) is 94.8 Å². The van der Waals surface area contributed by atoms with Crippen molar-refractivity contribution in [1.29, 1.82) is 0 Å². The van der Waals surface area contributed by atoms with Gasteiger partial charge < -0.3 is 14.4 Å². The van der Waals surface area contributed by atoms with Crippen molar-refractivity contribution in [3.63, 3.8) is 0 Å². The molecule has 8 nitrogen and oxygen atoms in total. The second-order valence-electron chi connectivity index (χ2n) is 6.87. The van der Waals surface area contributed by atoms with Crippen molar-refractivity contribution in [1.82, 2.24) is 9.88 Å².